The molecular weight excluding hydrogens is 322 g/mol. The maximum absolute atomic E-state index is 10.0. The van der Waals surface area contributed by atoms with Crippen LogP contribution in [0.5, 0.6) is 5.75 Å². The number of nitrogens with zero attached hydrogens (tertiary/aromatic N) is 1. The Morgan fingerprint density at radius 1 is 0.885 bits per heavy atom. The highest BCUT2D eigenvalue weighted by Crippen LogP contribution is 2.40. The number of fused-ring (bicyclic) bond motifs is 5. The number of aromatic nitrogens is 2. The third kappa shape index (κ3) is 2.06. The summed E-state index contributed by atoms with van der Waals surface area (Å²) in [5.74, 6) is 0.278. The van der Waals surface area contributed by atoms with Crippen molar-refractivity contribution in [2.75, 3.05) is 6.54 Å². The molecule has 128 valence electrons. The van der Waals surface area contributed by atoms with E-state index in [1.807, 2.05) is 30.6 Å². The summed E-state index contributed by atoms with van der Waals surface area (Å²) >= 11 is 0. The number of hydrogen-bond donors (Lipinski definition) is 3. The summed E-state index contributed by atoms with van der Waals surface area (Å²) in [4.78, 5) is 3.26. The number of nitrogens with two attached hydrogens (primary N) is 1. The number of aromatic amines is 1. The lowest BCUT2D eigenvalue weighted by Crippen LogP contribution is -2.09. The third-order valence-electron chi connectivity index (χ3n) is 5.11. The van der Waals surface area contributed by atoms with E-state index in [4.69, 9.17) is 5.73 Å². The fourth-order valence-electron chi connectivity index (χ4n) is 4.03. The molecule has 0 bridgehead atoms. The summed E-state index contributed by atoms with van der Waals surface area (Å²) in [5.41, 5.74) is 10.5. The van der Waals surface area contributed by atoms with Gasteiger partial charge in [0.25, 0.3) is 0 Å². The van der Waals surface area contributed by atoms with Gasteiger partial charge in [-0.3, -0.25) is 0 Å². The van der Waals surface area contributed by atoms with Gasteiger partial charge >= 0.3 is 0 Å². The zero-order valence-electron chi connectivity index (χ0n) is 14.2. The molecule has 5 aromatic rings. The Hall–Kier alpha value is -3.24. The SMILES string of the molecule is NCCn1c2ccc(O)cc2c2c3c[nH]cc3c(-c3ccccc3)cc21. The fraction of sp³-hybridized carbons (Fsp3) is 0.0909. The molecule has 2 heterocycles. The van der Waals surface area contributed by atoms with Gasteiger partial charge in [-0.25, -0.2) is 0 Å². The van der Waals surface area contributed by atoms with E-state index in [1.54, 1.807) is 6.07 Å². The molecule has 0 saturated heterocycles. The highest BCUT2D eigenvalue weighted by molar-refractivity contribution is 6.23. The van der Waals surface area contributed by atoms with Crippen LogP contribution in [0.25, 0.3) is 43.7 Å². The molecule has 0 radical (unpaired) electrons. The summed E-state index contributed by atoms with van der Waals surface area (Å²) in [6.07, 6.45) is 4.09. The monoisotopic (exact) mass is 341 g/mol. The topological polar surface area (TPSA) is 67.0 Å². The Morgan fingerprint density at radius 3 is 2.50 bits per heavy atom. The largest absolute Gasteiger partial charge is 0.508 e. The number of hydrogen-bond acceptors (Lipinski definition) is 2. The van der Waals surface area contributed by atoms with Crippen LogP contribution in [-0.4, -0.2) is 21.2 Å². The summed E-state index contributed by atoms with van der Waals surface area (Å²) in [7, 11) is 0. The van der Waals surface area contributed by atoms with E-state index in [0.717, 1.165) is 33.7 Å². The third-order valence-corrected chi connectivity index (χ3v) is 5.11. The first kappa shape index (κ1) is 15.0. The number of H-pyrrole nitrogens is 1. The Balaban J connectivity index is 2.00. The molecule has 4 heteroatoms. The molecule has 0 aliphatic carbocycles. The Morgan fingerprint density at radius 2 is 1.69 bits per heavy atom. The van der Waals surface area contributed by atoms with Crippen molar-refractivity contribution >= 4 is 32.6 Å². The maximum atomic E-state index is 10.0. The van der Waals surface area contributed by atoms with E-state index in [1.165, 1.54) is 16.5 Å². The second kappa shape index (κ2) is 5.64. The lowest BCUT2D eigenvalue weighted by Gasteiger charge is -2.09. The standard InChI is InChI=1S/C22H19N3O/c23-8-9-25-20-7-6-15(26)10-17(20)22-19-13-24-12-18(19)16(11-21(22)25)14-4-2-1-3-5-14/h1-7,10-13,24,26H,8-9,23H2. The average Bonchev–Trinajstić information content (AvgIpc) is 3.25. The van der Waals surface area contributed by atoms with E-state index in [2.05, 4.69) is 39.9 Å². The molecule has 0 fully saturated rings. The van der Waals surface area contributed by atoms with Gasteiger partial charge in [0.05, 0.1) is 5.52 Å². The summed E-state index contributed by atoms with van der Waals surface area (Å²) in [6, 6.07) is 18.2. The van der Waals surface area contributed by atoms with Crippen molar-refractivity contribution in [2.24, 2.45) is 5.73 Å². The van der Waals surface area contributed by atoms with Crippen LogP contribution in [0.4, 0.5) is 0 Å². The zero-order valence-corrected chi connectivity index (χ0v) is 14.2. The first-order chi connectivity index (χ1) is 12.8. The number of phenols is 1. The minimum atomic E-state index is 0.278. The molecule has 26 heavy (non-hydrogen) atoms. The van der Waals surface area contributed by atoms with E-state index in [0.29, 0.717) is 6.54 Å². The van der Waals surface area contributed by atoms with Gasteiger partial charge in [-0.05, 0) is 35.4 Å². The van der Waals surface area contributed by atoms with Crippen LogP contribution in [0.3, 0.4) is 0 Å². The summed E-state index contributed by atoms with van der Waals surface area (Å²) in [6.45, 7) is 1.29. The van der Waals surface area contributed by atoms with Crippen LogP contribution >= 0.6 is 0 Å². The number of nitrogens with one attached hydrogen (secondary N) is 1. The molecule has 0 atom stereocenters. The number of benzene rings is 3. The highest BCUT2D eigenvalue weighted by atomic mass is 16.3. The van der Waals surface area contributed by atoms with Crippen LogP contribution < -0.4 is 5.73 Å². The molecule has 2 aromatic heterocycles. The van der Waals surface area contributed by atoms with Crippen molar-refractivity contribution in [3.63, 3.8) is 0 Å². The fourth-order valence-corrected chi connectivity index (χ4v) is 4.03. The molecule has 0 saturated carbocycles. The molecule has 4 N–H and O–H groups in total. The quantitative estimate of drug-likeness (QED) is 0.449. The lowest BCUT2D eigenvalue weighted by atomic mass is 9.97. The van der Waals surface area contributed by atoms with Gasteiger partial charge in [0, 0.05) is 52.5 Å². The van der Waals surface area contributed by atoms with Gasteiger partial charge in [-0.2, -0.15) is 0 Å². The second-order valence-electron chi connectivity index (χ2n) is 6.61. The Labute approximate surface area is 150 Å². The molecule has 5 rings (SSSR count). The van der Waals surface area contributed by atoms with Crippen LogP contribution in [0.1, 0.15) is 0 Å². The van der Waals surface area contributed by atoms with Crippen molar-refractivity contribution in [3.05, 3.63) is 67.0 Å². The molecule has 0 aliphatic heterocycles. The number of phenolic OH excluding ortho intramolecular Hbond substituents is 1. The Kier molecular flexibility index (Phi) is 3.27. The van der Waals surface area contributed by atoms with Crippen molar-refractivity contribution in [2.45, 2.75) is 6.54 Å². The summed E-state index contributed by atoms with van der Waals surface area (Å²) < 4.78 is 2.25. The van der Waals surface area contributed by atoms with Crippen LogP contribution in [0, 0.1) is 0 Å². The van der Waals surface area contributed by atoms with Gasteiger partial charge in [-0.15, -0.1) is 0 Å². The lowest BCUT2D eigenvalue weighted by molar-refractivity contribution is 0.476. The minimum Gasteiger partial charge on any atom is -0.508 e. The molecule has 4 nitrogen and oxygen atoms in total. The van der Waals surface area contributed by atoms with Crippen molar-refractivity contribution in [1.82, 2.24) is 9.55 Å². The molecule has 0 amide bonds. The smallest absolute Gasteiger partial charge is 0.116 e. The molecule has 3 aromatic carbocycles. The molecule has 0 spiro atoms. The summed E-state index contributed by atoms with van der Waals surface area (Å²) in [5, 5.41) is 14.6. The van der Waals surface area contributed by atoms with Gasteiger partial charge in [-0.1, -0.05) is 30.3 Å². The van der Waals surface area contributed by atoms with E-state index >= 15 is 0 Å². The first-order valence-corrected chi connectivity index (χ1v) is 8.78. The van der Waals surface area contributed by atoms with Gasteiger partial charge in [0.15, 0.2) is 0 Å². The van der Waals surface area contributed by atoms with Gasteiger partial charge in [0.2, 0.25) is 0 Å². The Bertz CT molecular complexity index is 1250. The normalized spacial score (nSPS) is 11.7. The van der Waals surface area contributed by atoms with Gasteiger partial charge < -0.3 is 20.4 Å². The van der Waals surface area contributed by atoms with E-state index in [9.17, 15) is 5.11 Å². The zero-order chi connectivity index (χ0) is 17.7. The van der Waals surface area contributed by atoms with E-state index < -0.39 is 0 Å². The van der Waals surface area contributed by atoms with Crippen LogP contribution in [-0.2, 0) is 6.54 Å². The maximum Gasteiger partial charge on any atom is 0.116 e. The van der Waals surface area contributed by atoms with Crippen molar-refractivity contribution in [1.29, 1.82) is 0 Å². The van der Waals surface area contributed by atoms with Crippen molar-refractivity contribution < 1.29 is 5.11 Å². The highest BCUT2D eigenvalue weighted by Gasteiger charge is 2.17. The van der Waals surface area contributed by atoms with Crippen LogP contribution in [0.15, 0.2) is 67.0 Å². The van der Waals surface area contributed by atoms with Gasteiger partial charge in [0.1, 0.15) is 5.75 Å². The predicted molar refractivity (Wildman–Crippen MR) is 107 cm³/mol. The predicted octanol–water partition coefficient (Wildman–Crippen LogP) is 4.61. The van der Waals surface area contributed by atoms with Crippen LogP contribution in [0.2, 0.25) is 0 Å². The minimum absolute atomic E-state index is 0.278. The van der Waals surface area contributed by atoms with E-state index in [-0.39, 0.29) is 5.75 Å². The van der Waals surface area contributed by atoms with Crippen molar-refractivity contribution in [3.8, 4) is 16.9 Å². The molecule has 0 unspecified atom stereocenters. The number of aromatic hydroxyl groups is 1. The molecule has 0 aliphatic rings. The second-order valence-corrected chi connectivity index (χ2v) is 6.61. The average molecular weight is 341 g/mol. The molecular formula is C22H19N3O. The first-order valence-electron chi connectivity index (χ1n) is 8.78. The number of rotatable bonds is 3.